The number of carbonyl (C=O) groups excluding carboxylic acids is 2. The van der Waals surface area contributed by atoms with Crippen LogP contribution in [-0.4, -0.2) is 56.9 Å². The second kappa shape index (κ2) is 11.7. The summed E-state index contributed by atoms with van der Waals surface area (Å²) in [5, 5.41) is 8.88. The third-order valence-electron chi connectivity index (χ3n) is 4.70. The molecule has 2 aromatic carbocycles. The zero-order valence-corrected chi connectivity index (χ0v) is 19.6. The summed E-state index contributed by atoms with van der Waals surface area (Å²) in [5.41, 5.74) is 5.16. The van der Waals surface area contributed by atoms with Crippen molar-refractivity contribution in [2.75, 3.05) is 19.5 Å². The fourth-order valence-electron chi connectivity index (χ4n) is 2.95. The van der Waals surface area contributed by atoms with Gasteiger partial charge in [0, 0.05) is 11.8 Å². The van der Waals surface area contributed by atoms with E-state index in [0.29, 0.717) is 0 Å². The molecule has 9 nitrogen and oxygen atoms in total. The molecule has 0 aliphatic carbocycles. The van der Waals surface area contributed by atoms with Crippen LogP contribution in [0.1, 0.15) is 24.5 Å². The highest BCUT2D eigenvalue weighted by atomic mass is 32.2. The quantitative estimate of drug-likeness (QED) is 0.278. The van der Waals surface area contributed by atoms with Gasteiger partial charge in [0.25, 0.3) is 0 Å². The smallest absolute Gasteiger partial charge is 0.339 e. The molecule has 35 heavy (non-hydrogen) atoms. The Bertz CT molecular complexity index is 1260. The Kier molecular flexibility index (Phi) is 9.20. The molecule has 188 valence electrons. The average Bonchev–Trinajstić information content (AvgIpc) is 2.78. The topological polar surface area (TPSA) is 150 Å². The van der Waals surface area contributed by atoms with Gasteiger partial charge in [-0.05, 0) is 42.3 Å². The van der Waals surface area contributed by atoms with Crippen molar-refractivity contribution in [3.63, 3.8) is 0 Å². The average molecular weight is 511 g/mol. The number of carbonyl (C=O) groups is 3. The molecule has 0 bridgehead atoms. The van der Waals surface area contributed by atoms with Crippen LogP contribution in [0.2, 0.25) is 0 Å². The van der Waals surface area contributed by atoms with Gasteiger partial charge < -0.3 is 20.3 Å². The molecule has 0 aliphatic rings. The number of benzene rings is 2. The van der Waals surface area contributed by atoms with E-state index in [-0.39, 0.29) is 33.8 Å². The van der Waals surface area contributed by atoms with Crippen molar-refractivity contribution >= 4 is 38.9 Å². The fourth-order valence-corrected chi connectivity index (χ4v) is 3.58. The highest BCUT2D eigenvalue weighted by Gasteiger charge is 2.24. The second-order valence-electron chi connectivity index (χ2n) is 7.31. The van der Waals surface area contributed by atoms with Gasteiger partial charge in [0.1, 0.15) is 12.6 Å². The van der Waals surface area contributed by atoms with Crippen molar-refractivity contribution in [1.82, 2.24) is 0 Å². The number of hydrogen-bond donors (Lipinski definition) is 2. The van der Waals surface area contributed by atoms with Crippen LogP contribution in [0.5, 0.6) is 0 Å². The number of carboxylic acid groups (broad SMARTS) is 1. The molecular formula is C23H23F2NO8S. The molecule has 3 N–H and O–H groups in total. The molecule has 2 rings (SSSR count). The Balaban J connectivity index is 2.66. The zero-order chi connectivity index (χ0) is 26.3. The van der Waals surface area contributed by atoms with Crippen LogP contribution in [0.25, 0.3) is 11.1 Å². The van der Waals surface area contributed by atoms with Crippen LogP contribution in [0.3, 0.4) is 0 Å². The molecule has 0 saturated carbocycles. The Morgan fingerprint density at radius 2 is 1.60 bits per heavy atom. The van der Waals surface area contributed by atoms with E-state index in [1.165, 1.54) is 31.2 Å². The van der Waals surface area contributed by atoms with Gasteiger partial charge in [-0.25, -0.2) is 22.0 Å². The van der Waals surface area contributed by atoms with Crippen LogP contribution >= 0.6 is 0 Å². The lowest BCUT2D eigenvalue weighted by atomic mass is 9.94. The molecule has 0 amide bonds. The minimum absolute atomic E-state index is 0.0215. The highest BCUT2D eigenvalue weighted by Crippen LogP contribution is 2.30. The molecule has 12 heteroatoms. The van der Waals surface area contributed by atoms with Gasteiger partial charge in [-0.3, -0.25) is 9.59 Å². The summed E-state index contributed by atoms with van der Waals surface area (Å²) in [6.45, 7) is 0.838. The molecule has 0 aliphatic heterocycles. The van der Waals surface area contributed by atoms with E-state index in [1.807, 2.05) is 0 Å². The van der Waals surface area contributed by atoms with Gasteiger partial charge in [-0.1, -0.05) is 18.2 Å². The predicted octanol–water partition coefficient (Wildman–Crippen LogP) is 2.19. The summed E-state index contributed by atoms with van der Waals surface area (Å²) in [4.78, 5) is 35.9. The molecular weight excluding hydrogens is 488 g/mol. The van der Waals surface area contributed by atoms with Gasteiger partial charge in [-0.2, -0.15) is 0 Å². The van der Waals surface area contributed by atoms with Gasteiger partial charge in [0.15, 0.2) is 21.5 Å². The van der Waals surface area contributed by atoms with Gasteiger partial charge in [0.05, 0.1) is 23.5 Å². The summed E-state index contributed by atoms with van der Waals surface area (Å²) < 4.78 is 61.4. The van der Waals surface area contributed by atoms with Crippen LogP contribution < -0.4 is 5.73 Å². The number of aliphatic carboxylic acids is 1. The molecule has 0 radical (unpaired) electrons. The number of esters is 2. The monoisotopic (exact) mass is 511 g/mol. The first-order valence-corrected chi connectivity index (χ1v) is 12.0. The second-order valence-corrected chi connectivity index (χ2v) is 9.32. The lowest BCUT2D eigenvalue weighted by molar-refractivity contribution is -0.147. The summed E-state index contributed by atoms with van der Waals surface area (Å²) in [6.07, 6.45) is 0.326. The first kappa shape index (κ1) is 27.6. The number of carboxylic acids is 1. The van der Waals surface area contributed by atoms with Crippen LogP contribution in [0, 0.1) is 11.6 Å². The van der Waals surface area contributed by atoms with E-state index in [2.05, 4.69) is 0 Å². The lowest BCUT2D eigenvalue weighted by Crippen LogP contribution is -2.33. The number of hydrogen-bond acceptors (Lipinski definition) is 8. The van der Waals surface area contributed by atoms with E-state index in [1.54, 1.807) is 0 Å². The number of halogens is 2. The SMILES string of the molecule is CCOC(=O)/C(=C(\COC(=O)C[C@H](N)C(=O)O)c1ccc(S(C)(=O)=O)cc1)c1ccc(F)c(F)c1. The van der Waals surface area contributed by atoms with E-state index in [9.17, 15) is 31.6 Å². The number of nitrogens with two attached hydrogens (primary N) is 1. The first-order valence-electron chi connectivity index (χ1n) is 10.1. The van der Waals surface area contributed by atoms with Crippen molar-refractivity contribution in [3.8, 4) is 0 Å². The Labute approximate surface area is 200 Å². The molecule has 0 spiro atoms. The van der Waals surface area contributed by atoms with E-state index < -0.39 is 58.4 Å². The summed E-state index contributed by atoms with van der Waals surface area (Å²) >= 11 is 0. The summed E-state index contributed by atoms with van der Waals surface area (Å²) in [7, 11) is -3.55. The summed E-state index contributed by atoms with van der Waals surface area (Å²) in [6, 6.07) is 6.32. The van der Waals surface area contributed by atoms with Crippen molar-refractivity contribution in [3.05, 3.63) is 65.2 Å². The van der Waals surface area contributed by atoms with Crippen molar-refractivity contribution in [2.45, 2.75) is 24.3 Å². The van der Waals surface area contributed by atoms with Crippen molar-refractivity contribution < 1.29 is 46.2 Å². The van der Waals surface area contributed by atoms with Gasteiger partial charge >= 0.3 is 17.9 Å². The van der Waals surface area contributed by atoms with E-state index in [4.69, 9.17) is 20.3 Å². The largest absolute Gasteiger partial charge is 0.480 e. The minimum Gasteiger partial charge on any atom is -0.480 e. The highest BCUT2D eigenvalue weighted by molar-refractivity contribution is 7.90. The first-order chi connectivity index (χ1) is 16.3. The molecule has 0 heterocycles. The molecule has 0 aromatic heterocycles. The molecule has 2 aromatic rings. The number of rotatable bonds is 10. The Morgan fingerprint density at radius 3 is 2.11 bits per heavy atom. The maximum absolute atomic E-state index is 14.0. The number of ether oxygens (including phenoxy) is 2. The number of sulfone groups is 1. The fraction of sp³-hybridized carbons (Fsp3) is 0.261. The normalized spacial score (nSPS) is 12.9. The van der Waals surface area contributed by atoms with Gasteiger partial charge in [0.2, 0.25) is 0 Å². The van der Waals surface area contributed by atoms with Crippen molar-refractivity contribution in [1.29, 1.82) is 0 Å². The van der Waals surface area contributed by atoms with Crippen molar-refractivity contribution in [2.24, 2.45) is 5.73 Å². The van der Waals surface area contributed by atoms with E-state index >= 15 is 0 Å². The Hall–Kier alpha value is -3.64. The minimum atomic E-state index is -3.55. The summed E-state index contributed by atoms with van der Waals surface area (Å²) in [5.74, 6) is -5.79. The standard InChI is InChI=1S/C23H23F2NO8S/c1-3-33-23(30)21(14-6-9-17(24)18(25)10-14)16(12-34-20(27)11-19(26)22(28)29)13-4-7-15(8-5-13)35(2,31)32/h4-10,19H,3,11-12,26H2,1-2H3,(H,28,29)/b21-16+/t19-/m0/s1. The molecule has 0 unspecified atom stereocenters. The Morgan fingerprint density at radius 1 is 1.00 bits per heavy atom. The molecule has 0 saturated heterocycles. The maximum atomic E-state index is 14.0. The van der Waals surface area contributed by atoms with Crippen LogP contribution in [-0.2, 0) is 33.7 Å². The van der Waals surface area contributed by atoms with Crippen LogP contribution in [0.4, 0.5) is 8.78 Å². The molecule has 1 atom stereocenters. The van der Waals surface area contributed by atoms with Crippen LogP contribution in [0.15, 0.2) is 47.4 Å². The van der Waals surface area contributed by atoms with E-state index in [0.717, 1.165) is 24.5 Å². The third-order valence-corrected chi connectivity index (χ3v) is 5.83. The van der Waals surface area contributed by atoms with Gasteiger partial charge in [-0.15, -0.1) is 0 Å². The molecule has 0 fully saturated rings. The third kappa shape index (κ3) is 7.42. The lowest BCUT2D eigenvalue weighted by Gasteiger charge is -2.17. The zero-order valence-electron chi connectivity index (χ0n) is 18.8. The maximum Gasteiger partial charge on any atom is 0.339 e. The predicted molar refractivity (Wildman–Crippen MR) is 121 cm³/mol.